The fourth-order valence-corrected chi connectivity index (χ4v) is 3.69. The Bertz CT molecular complexity index is 622. The molecule has 0 bridgehead atoms. The van der Waals surface area contributed by atoms with Crippen molar-refractivity contribution in [1.82, 2.24) is 5.32 Å². The normalized spacial score (nSPS) is 15.6. The van der Waals surface area contributed by atoms with Crippen LogP contribution in [0.25, 0.3) is 0 Å². The van der Waals surface area contributed by atoms with Crippen LogP contribution >= 0.6 is 0 Å². The Morgan fingerprint density at radius 1 is 0.905 bits per heavy atom. The van der Waals surface area contributed by atoms with Gasteiger partial charge in [-0.05, 0) is 80.0 Å². The van der Waals surface area contributed by atoms with Crippen LogP contribution in [0.15, 0.2) is 36.4 Å². The predicted octanol–water partition coefficient (Wildman–Crippen LogP) is 4.49. The molecule has 110 valence electrons. The molecule has 0 fully saturated rings. The summed E-state index contributed by atoms with van der Waals surface area (Å²) in [4.78, 5) is 0. The van der Waals surface area contributed by atoms with Crippen LogP contribution in [-0.4, -0.2) is 7.05 Å². The van der Waals surface area contributed by atoms with E-state index >= 15 is 0 Å². The van der Waals surface area contributed by atoms with Crippen LogP contribution in [0.2, 0.25) is 0 Å². The highest BCUT2D eigenvalue weighted by Crippen LogP contribution is 2.30. The van der Waals surface area contributed by atoms with E-state index in [-0.39, 0.29) is 0 Å². The Balaban J connectivity index is 2.04. The van der Waals surface area contributed by atoms with Crippen molar-refractivity contribution in [3.63, 3.8) is 0 Å². The van der Waals surface area contributed by atoms with E-state index in [2.05, 4.69) is 62.6 Å². The first-order chi connectivity index (χ1) is 10.2. The average molecular weight is 279 g/mol. The lowest BCUT2D eigenvalue weighted by molar-refractivity contribution is 0.664. The Labute approximate surface area is 128 Å². The van der Waals surface area contributed by atoms with E-state index in [0.717, 1.165) is 0 Å². The highest BCUT2D eigenvalue weighted by molar-refractivity contribution is 5.44. The Kier molecular flexibility index (Phi) is 4.12. The zero-order chi connectivity index (χ0) is 14.8. The summed E-state index contributed by atoms with van der Waals surface area (Å²) in [6, 6.07) is 14.0. The van der Waals surface area contributed by atoms with Gasteiger partial charge in [0.15, 0.2) is 0 Å². The molecule has 0 aliphatic heterocycles. The third-order valence-corrected chi connectivity index (χ3v) is 4.83. The molecular weight excluding hydrogens is 254 g/mol. The van der Waals surface area contributed by atoms with Gasteiger partial charge in [-0.3, -0.25) is 0 Å². The van der Waals surface area contributed by atoms with Crippen LogP contribution in [-0.2, 0) is 12.8 Å². The van der Waals surface area contributed by atoms with E-state index in [0.29, 0.717) is 6.04 Å². The van der Waals surface area contributed by atoms with Crippen LogP contribution in [0.4, 0.5) is 0 Å². The highest BCUT2D eigenvalue weighted by Gasteiger charge is 2.18. The number of fused-ring (bicyclic) bond motifs is 1. The first kappa shape index (κ1) is 14.3. The minimum absolute atomic E-state index is 0.290. The Hall–Kier alpha value is -1.60. The summed E-state index contributed by atoms with van der Waals surface area (Å²) in [6.07, 6.45) is 5.18. The first-order valence-corrected chi connectivity index (χ1v) is 8.06. The van der Waals surface area contributed by atoms with Gasteiger partial charge in [0.25, 0.3) is 0 Å². The maximum absolute atomic E-state index is 3.52. The van der Waals surface area contributed by atoms with Crippen molar-refractivity contribution in [3.8, 4) is 0 Å². The maximum atomic E-state index is 3.52. The van der Waals surface area contributed by atoms with Crippen molar-refractivity contribution in [2.24, 2.45) is 0 Å². The molecule has 0 aromatic heterocycles. The summed E-state index contributed by atoms with van der Waals surface area (Å²) >= 11 is 0. The molecular formula is C20H25N. The summed E-state index contributed by atoms with van der Waals surface area (Å²) in [7, 11) is 2.07. The molecule has 1 atom stereocenters. The molecule has 1 aliphatic rings. The minimum Gasteiger partial charge on any atom is -0.309 e. The number of benzene rings is 2. The second-order valence-corrected chi connectivity index (χ2v) is 6.26. The van der Waals surface area contributed by atoms with Gasteiger partial charge >= 0.3 is 0 Å². The van der Waals surface area contributed by atoms with Crippen LogP contribution in [0.1, 0.15) is 52.3 Å². The highest BCUT2D eigenvalue weighted by atomic mass is 14.9. The Morgan fingerprint density at radius 3 is 2.24 bits per heavy atom. The number of aryl methyl sites for hydroxylation is 4. The minimum atomic E-state index is 0.290. The largest absolute Gasteiger partial charge is 0.309 e. The molecule has 1 aliphatic carbocycles. The molecule has 1 nitrogen and oxygen atoms in total. The van der Waals surface area contributed by atoms with Crippen molar-refractivity contribution in [2.45, 2.75) is 45.6 Å². The van der Waals surface area contributed by atoms with Gasteiger partial charge in [-0.2, -0.15) is 0 Å². The molecule has 2 aromatic carbocycles. The second-order valence-electron chi connectivity index (χ2n) is 6.26. The standard InChI is InChI=1S/C20H25N/c1-14-7-6-8-15(2)19(14)20(21-3)18-12-11-16-9-4-5-10-17(16)13-18/h6-8,11-13,20-21H,4-5,9-10H2,1-3H3. The number of rotatable bonds is 3. The Morgan fingerprint density at radius 2 is 1.57 bits per heavy atom. The van der Waals surface area contributed by atoms with Crippen molar-refractivity contribution < 1.29 is 0 Å². The van der Waals surface area contributed by atoms with E-state index in [1.807, 2.05) is 0 Å². The number of nitrogens with one attached hydrogen (secondary N) is 1. The van der Waals surface area contributed by atoms with Crippen molar-refractivity contribution >= 4 is 0 Å². The van der Waals surface area contributed by atoms with Gasteiger partial charge < -0.3 is 5.32 Å². The van der Waals surface area contributed by atoms with E-state index in [9.17, 15) is 0 Å². The predicted molar refractivity (Wildman–Crippen MR) is 89.9 cm³/mol. The number of hydrogen-bond donors (Lipinski definition) is 1. The average Bonchev–Trinajstić information content (AvgIpc) is 2.50. The van der Waals surface area contributed by atoms with Gasteiger partial charge in [-0.15, -0.1) is 0 Å². The summed E-state index contributed by atoms with van der Waals surface area (Å²) in [5, 5.41) is 3.52. The third-order valence-electron chi connectivity index (χ3n) is 4.83. The smallest absolute Gasteiger partial charge is 0.0579 e. The van der Waals surface area contributed by atoms with Gasteiger partial charge in [0.2, 0.25) is 0 Å². The maximum Gasteiger partial charge on any atom is 0.0579 e. The molecule has 3 rings (SSSR count). The molecule has 1 N–H and O–H groups in total. The SMILES string of the molecule is CNC(c1ccc2c(c1)CCCC2)c1c(C)cccc1C. The molecule has 21 heavy (non-hydrogen) atoms. The second kappa shape index (κ2) is 6.03. The first-order valence-electron chi connectivity index (χ1n) is 8.06. The molecule has 0 saturated carbocycles. The molecule has 0 spiro atoms. The molecule has 0 radical (unpaired) electrons. The topological polar surface area (TPSA) is 12.0 Å². The zero-order valence-electron chi connectivity index (χ0n) is 13.4. The fraction of sp³-hybridized carbons (Fsp3) is 0.400. The van der Waals surface area contributed by atoms with Crippen LogP contribution < -0.4 is 5.32 Å². The van der Waals surface area contributed by atoms with E-state index in [4.69, 9.17) is 0 Å². The van der Waals surface area contributed by atoms with E-state index in [1.165, 1.54) is 47.9 Å². The van der Waals surface area contributed by atoms with Gasteiger partial charge in [0.1, 0.15) is 0 Å². The van der Waals surface area contributed by atoms with Crippen LogP contribution in [0.3, 0.4) is 0 Å². The van der Waals surface area contributed by atoms with E-state index in [1.54, 1.807) is 11.1 Å². The van der Waals surface area contributed by atoms with Gasteiger partial charge in [0, 0.05) is 0 Å². The zero-order valence-corrected chi connectivity index (χ0v) is 13.4. The molecule has 2 aromatic rings. The summed E-state index contributed by atoms with van der Waals surface area (Å²) in [5.74, 6) is 0. The lowest BCUT2D eigenvalue weighted by Gasteiger charge is -2.24. The van der Waals surface area contributed by atoms with Crippen LogP contribution in [0.5, 0.6) is 0 Å². The lowest BCUT2D eigenvalue weighted by Crippen LogP contribution is -2.20. The molecule has 1 heteroatoms. The summed E-state index contributed by atoms with van der Waals surface area (Å²) < 4.78 is 0. The molecule has 0 heterocycles. The molecule has 0 amide bonds. The fourth-order valence-electron chi connectivity index (χ4n) is 3.69. The van der Waals surface area contributed by atoms with Crippen molar-refractivity contribution in [1.29, 1.82) is 0 Å². The number of hydrogen-bond acceptors (Lipinski definition) is 1. The van der Waals surface area contributed by atoms with Gasteiger partial charge in [-0.25, -0.2) is 0 Å². The third kappa shape index (κ3) is 2.75. The van der Waals surface area contributed by atoms with E-state index < -0.39 is 0 Å². The van der Waals surface area contributed by atoms with Crippen molar-refractivity contribution in [2.75, 3.05) is 7.05 Å². The lowest BCUT2D eigenvalue weighted by atomic mass is 9.86. The van der Waals surface area contributed by atoms with Gasteiger partial charge in [0.05, 0.1) is 6.04 Å². The monoisotopic (exact) mass is 279 g/mol. The molecule has 1 unspecified atom stereocenters. The van der Waals surface area contributed by atoms with Gasteiger partial charge in [-0.1, -0.05) is 36.4 Å². The van der Waals surface area contributed by atoms with Crippen molar-refractivity contribution in [3.05, 3.63) is 69.8 Å². The summed E-state index contributed by atoms with van der Waals surface area (Å²) in [6.45, 7) is 4.43. The molecule has 0 saturated heterocycles. The van der Waals surface area contributed by atoms with Crippen LogP contribution in [0, 0.1) is 13.8 Å². The quantitative estimate of drug-likeness (QED) is 0.873. The summed E-state index contributed by atoms with van der Waals surface area (Å²) in [5.41, 5.74) is 8.68.